The molecule has 1 aromatic heterocycles. The Bertz CT molecular complexity index is 560. The summed E-state index contributed by atoms with van der Waals surface area (Å²) in [5, 5.41) is 10.3. The lowest BCUT2D eigenvalue weighted by atomic mass is 10.1. The van der Waals surface area contributed by atoms with E-state index in [0.717, 1.165) is 25.8 Å². The lowest BCUT2D eigenvalue weighted by molar-refractivity contribution is 0.198. The molecule has 5 heteroatoms. The minimum atomic E-state index is -0.478. The fourth-order valence-electron chi connectivity index (χ4n) is 1.49. The summed E-state index contributed by atoms with van der Waals surface area (Å²) in [6, 6.07) is 7.71. The molecule has 2 rings (SSSR count). The van der Waals surface area contributed by atoms with Crippen LogP contribution in [0, 0.1) is 6.92 Å². The van der Waals surface area contributed by atoms with Crippen molar-refractivity contribution in [2.24, 2.45) is 0 Å². The molecule has 0 amide bonds. The smallest absolute Gasteiger partial charge is 0.192 e. The summed E-state index contributed by atoms with van der Waals surface area (Å²) in [7, 11) is 0. The molecule has 1 heterocycles. The molecule has 0 aliphatic carbocycles. The van der Waals surface area contributed by atoms with E-state index in [1.165, 1.54) is 11.8 Å². The summed E-state index contributed by atoms with van der Waals surface area (Å²) in [4.78, 5) is 9.59. The quantitative estimate of drug-likeness (QED) is 0.873. The zero-order chi connectivity index (χ0) is 13.1. The molecule has 1 atom stereocenters. The van der Waals surface area contributed by atoms with Crippen molar-refractivity contribution in [1.29, 1.82) is 0 Å². The van der Waals surface area contributed by atoms with Crippen LogP contribution >= 0.6 is 27.7 Å². The van der Waals surface area contributed by atoms with Gasteiger partial charge in [0.1, 0.15) is 0 Å². The van der Waals surface area contributed by atoms with Crippen LogP contribution in [0.3, 0.4) is 0 Å². The Morgan fingerprint density at radius 1 is 1.33 bits per heavy atom. The first-order valence-corrected chi connectivity index (χ1v) is 7.12. The molecule has 18 heavy (non-hydrogen) atoms. The summed E-state index contributed by atoms with van der Waals surface area (Å²) < 4.78 is 0.898. The van der Waals surface area contributed by atoms with Crippen LogP contribution in [0.4, 0.5) is 0 Å². The maximum atomic E-state index is 9.56. The average Bonchev–Trinajstić information content (AvgIpc) is 2.28. The highest BCUT2D eigenvalue weighted by atomic mass is 79.9. The van der Waals surface area contributed by atoms with Crippen molar-refractivity contribution in [3.05, 3.63) is 46.2 Å². The van der Waals surface area contributed by atoms with Crippen LogP contribution in [0.15, 0.2) is 45.0 Å². The van der Waals surface area contributed by atoms with E-state index in [0.29, 0.717) is 0 Å². The number of halogens is 1. The number of hydrogen-bond donors (Lipinski definition) is 1. The predicted molar refractivity (Wildman–Crippen MR) is 75.7 cm³/mol. The fraction of sp³-hybridized carbons (Fsp3) is 0.231. The molecule has 0 aliphatic heterocycles. The van der Waals surface area contributed by atoms with E-state index in [1.807, 2.05) is 31.2 Å². The second kappa shape index (κ2) is 5.82. The number of aliphatic hydroxyl groups is 1. The summed E-state index contributed by atoms with van der Waals surface area (Å²) in [6.07, 6.45) is 1.28. The van der Waals surface area contributed by atoms with Crippen LogP contribution in [0.1, 0.15) is 24.3 Å². The van der Waals surface area contributed by atoms with Crippen molar-refractivity contribution >= 4 is 27.7 Å². The van der Waals surface area contributed by atoms with Gasteiger partial charge in [-0.25, -0.2) is 9.97 Å². The van der Waals surface area contributed by atoms with Crippen LogP contribution in [0.2, 0.25) is 0 Å². The number of hydrogen-bond acceptors (Lipinski definition) is 4. The lowest BCUT2D eigenvalue weighted by Crippen LogP contribution is -1.93. The van der Waals surface area contributed by atoms with E-state index in [-0.39, 0.29) is 0 Å². The maximum Gasteiger partial charge on any atom is 0.192 e. The molecule has 0 aliphatic rings. The van der Waals surface area contributed by atoms with Crippen LogP contribution in [-0.4, -0.2) is 15.1 Å². The molecule has 0 saturated carbocycles. The van der Waals surface area contributed by atoms with E-state index < -0.39 is 6.10 Å². The average molecular weight is 325 g/mol. The molecule has 0 bridgehead atoms. The van der Waals surface area contributed by atoms with Gasteiger partial charge in [0.25, 0.3) is 0 Å². The Hall–Kier alpha value is -0.910. The van der Waals surface area contributed by atoms with Gasteiger partial charge in [0.2, 0.25) is 0 Å². The number of rotatable bonds is 3. The highest BCUT2D eigenvalue weighted by Crippen LogP contribution is 2.31. The van der Waals surface area contributed by atoms with Crippen molar-refractivity contribution < 1.29 is 5.11 Å². The van der Waals surface area contributed by atoms with E-state index in [2.05, 4.69) is 25.9 Å². The van der Waals surface area contributed by atoms with Gasteiger partial charge in [-0.3, -0.25) is 0 Å². The third-order valence-corrected chi connectivity index (χ3v) is 3.96. The highest BCUT2D eigenvalue weighted by Gasteiger charge is 2.08. The molecule has 1 aromatic carbocycles. The molecule has 0 spiro atoms. The van der Waals surface area contributed by atoms with E-state index in [4.69, 9.17) is 0 Å². The van der Waals surface area contributed by atoms with Gasteiger partial charge in [0.15, 0.2) is 5.16 Å². The summed E-state index contributed by atoms with van der Waals surface area (Å²) in [5.74, 6) is 0. The maximum absolute atomic E-state index is 9.56. The molecule has 1 N–H and O–H groups in total. The van der Waals surface area contributed by atoms with Crippen molar-refractivity contribution in [2.45, 2.75) is 30.0 Å². The molecule has 3 nitrogen and oxygen atoms in total. The highest BCUT2D eigenvalue weighted by molar-refractivity contribution is 9.10. The summed E-state index contributed by atoms with van der Waals surface area (Å²) >= 11 is 4.96. The van der Waals surface area contributed by atoms with Crippen molar-refractivity contribution in [3.63, 3.8) is 0 Å². The number of aryl methyl sites for hydroxylation is 1. The zero-order valence-corrected chi connectivity index (χ0v) is 12.5. The Morgan fingerprint density at radius 3 is 2.72 bits per heavy atom. The number of nitrogens with zero attached hydrogens (tertiary/aromatic N) is 2. The monoisotopic (exact) mass is 324 g/mol. The van der Waals surface area contributed by atoms with Gasteiger partial charge in [0, 0.05) is 21.3 Å². The Labute approximate surface area is 119 Å². The van der Waals surface area contributed by atoms with Crippen molar-refractivity contribution in [3.8, 4) is 0 Å². The molecule has 2 aromatic rings. The molecular weight excluding hydrogens is 312 g/mol. The SMILES string of the molecule is Cc1ccnc(Sc2ccc([C@@H](C)O)c(Br)c2)n1. The van der Waals surface area contributed by atoms with Crippen LogP contribution in [0.25, 0.3) is 0 Å². The molecule has 0 fully saturated rings. The molecule has 94 valence electrons. The standard InChI is InChI=1S/C13H13BrN2OS/c1-8-5-6-15-13(16-8)18-10-3-4-11(9(2)17)12(14)7-10/h3-7,9,17H,1-2H3/t9-/m1/s1. The van der Waals surface area contributed by atoms with Gasteiger partial charge < -0.3 is 5.11 Å². The van der Waals surface area contributed by atoms with Gasteiger partial charge in [-0.2, -0.15) is 0 Å². The second-order valence-corrected chi connectivity index (χ2v) is 5.84. The van der Waals surface area contributed by atoms with Crippen LogP contribution < -0.4 is 0 Å². The Balaban J connectivity index is 2.23. The van der Waals surface area contributed by atoms with Gasteiger partial charge in [-0.05, 0) is 49.4 Å². The third kappa shape index (κ3) is 3.31. The number of benzene rings is 1. The first-order chi connectivity index (χ1) is 8.56. The lowest BCUT2D eigenvalue weighted by Gasteiger charge is -2.09. The normalized spacial score (nSPS) is 12.4. The molecule has 0 unspecified atom stereocenters. The summed E-state index contributed by atoms with van der Waals surface area (Å²) in [6.45, 7) is 3.69. The van der Waals surface area contributed by atoms with Crippen molar-refractivity contribution in [2.75, 3.05) is 0 Å². The van der Waals surface area contributed by atoms with Gasteiger partial charge in [0.05, 0.1) is 6.10 Å². The zero-order valence-electron chi connectivity index (χ0n) is 10.1. The largest absolute Gasteiger partial charge is 0.389 e. The molecule has 0 radical (unpaired) electrons. The first-order valence-electron chi connectivity index (χ1n) is 5.51. The Kier molecular flexibility index (Phi) is 4.37. The fourth-order valence-corrected chi connectivity index (χ4v) is 3.18. The van der Waals surface area contributed by atoms with Gasteiger partial charge in [-0.1, -0.05) is 22.0 Å². The van der Waals surface area contributed by atoms with Crippen LogP contribution in [0.5, 0.6) is 0 Å². The third-order valence-electron chi connectivity index (χ3n) is 2.40. The predicted octanol–water partition coefficient (Wildman–Crippen LogP) is 3.75. The van der Waals surface area contributed by atoms with Gasteiger partial charge in [-0.15, -0.1) is 0 Å². The Morgan fingerprint density at radius 2 is 2.11 bits per heavy atom. The minimum absolute atomic E-state index is 0.478. The second-order valence-electron chi connectivity index (χ2n) is 3.94. The minimum Gasteiger partial charge on any atom is -0.389 e. The van der Waals surface area contributed by atoms with E-state index >= 15 is 0 Å². The number of aliphatic hydroxyl groups excluding tert-OH is 1. The molecule has 0 saturated heterocycles. The van der Waals surface area contributed by atoms with Crippen molar-refractivity contribution in [1.82, 2.24) is 9.97 Å². The number of aromatic nitrogens is 2. The van der Waals surface area contributed by atoms with Crippen LogP contribution in [-0.2, 0) is 0 Å². The van der Waals surface area contributed by atoms with E-state index in [9.17, 15) is 5.11 Å². The van der Waals surface area contributed by atoms with E-state index in [1.54, 1.807) is 13.1 Å². The molecular formula is C13H13BrN2OS. The summed E-state index contributed by atoms with van der Waals surface area (Å²) in [5.41, 5.74) is 1.83. The van der Waals surface area contributed by atoms with Gasteiger partial charge >= 0.3 is 0 Å². The first kappa shape index (κ1) is 13.5. The topological polar surface area (TPSA) is 46.0 Å².